The van der Waals surface area contributed by atoms with Gasteiger partial charge in [-0.3, -0.25) is 0 Å². The first-order chi connectivity index (χ1) is 10.3. The first kappa shape index (κ1) is 14.1. The van der Waals surface area contributed by atoms with E-state index in [4.69, 9.17) is 9.26 Å². The molecule has 5 nitrogen and oxygen atoms in total. The minimum Gasteiger partial charge on any atom is -0.485 e. The van der Waals surface area contributed by atoms with Crippen molar-refractivity contribution in [2.24, 2.45) is 0 Å². The lowest BCUT2D eigenvalue weighted by Crippen LogP contribution is -2.22. The third-order valence-corrected chi connectivity index (χ3v) is 3.98. The van der Waals surface area contributed by atoms with E-state index in [0.29, 0.717) is 24.4 Å². The summed E-state index contributed by atoms with van der Waals surface area (Å²) in [6.45, 7) is 2.34. The van der Waals surface area contributed by atoms with Crippen molar-refractivity contribution in [1.29, 1.82) is 0 Å². The molecule has 0 saturated heterocycles. The zero-order valence-corrected chi connectivity index (χ0v) is 12.6. The zero-order chi connectivity index (χ0) is 14.7. The number of ether oxygens (including phenoxy) is 1. The molecule has 0 bridgehead atoms. The lowest BCUT2D eigenvalue weighted by molar-refractivity contribution is 0.280. The van der Waals surface area contributed by atoms with Gasteiger partial charge < -0.3 is 14.6 Å². The largest absolute Gasteiger partial charge is 0.485 e. The molecule has 0 amide bonds. The van der Waals surface area contributed by atoms with Crippen molar-refractivity contribution in [3.8, 4) is 5.75 Å². The smallest absolute Gasteiger partial charge is 0.226 e. The van der Waals surface area contributed by atoms with Crippen LogP contribution in [0.3, 0.4) is 0 Å². The highest BCUT2D eigenvalue weighted by molar-refractivity contribution is 5.43. The fourth-order valence-electron chi connectivity index (χ4n) is 2.88. The van der Waals surface area contributed by atoms with E-state index in [-0.39, 0.29) is 0 Å². The van der Waals surface area contributed by atoms with E-state index in [1.807, 2.05) is 20.0 Å². The van der Waals surface area contributed by atoms with Crippen LogP contribution in [0.2, 0.25) is 0 Å². The minimum atomic E-state index is 0.351. The van der Waals surface area contributed by atoms with Gasteiger partial charge in [0, 0.05) is 12.5 Å². The van der Waals surface area contributed by atoms with E-state index in [2.05, 4.69) is 27.6 Å². The number of rotatable bonds is 5. The summed E-state index contributed by atoms with van der Waals surface area (Å²) in [5, 5.41) is 7.30. The molecule has 5 heteroatoms. The molecule has 1 aromatic heterocycles. The Hall–Kier alpha value is -1.88. The van der Waals surface area contributed by atoms with Crippen LogP contribution in [0.15, 0.2) is 22.7 Å². The molecule has 0 saturated carbocycles. The fraction of sp³-hybridized carbons (Fsp3) is 0.500. The van der Waals surface area contributed by atoms with Crippen molar-refractivity contribution >= 4 is 0 Å². The first-order valence-electron chi connectivity index (χ1n) is 7.55. The van der Waals surface area contributed by atoms with Crippen LogP contribution in [0.1, 0.15) is 48.6 Å². The van der Waals surface area contributed by atoms with Crippen LogP contribution < -0.4 is 10.1 Å². The van der Waals surface area contributed by atoms with Gasteiger partial charge in [-0.25, -0.2) is 0 Å². The molecule has 21 heavy (non-hydrogen) atoms. The zero-order valence-electron chi connectivity index (χ0n) is 12.6. The van der Waals surface area contributed by atoms with Crippen LogP contribution in [-0.2, 0) is 19.4 Å². The molecular formula is C16H21N3O2. The Kier molecular flexibility index (Phi) is 4.20. The number of hydrogen-bond donors (Lipinski definition) is 1. The predicted molar refractivity (Wildman–Crippen MR) is 79.2 cm³/mol. The van der Waals surface area contributed by atoms with Gasteiger partial charge in [-0.2, -0.15) is 4.98 Å². The molecule has 1 N–H and O–H groups in total. The maximum atomic E-state index is 5.93. The third kappa shape index (κ3) is 2.93. The Morgan fingerprint density at radius 1 is 1.43 bits per heavy atom. The molecule has 1 atom stereocenters. The second kappa shape index (κ2) is 6.26. The molecule has 112 valence electrons. The second-order valence-corrected chi connectivity index (χ2v) is 5.30. The summed E-state index contributed by atoms with van der Waals surface area (Å²) in [5.74, 6) is 2.19. The molecule has 0 fully saturated rings. The summed E-state index contributed by atoms with van der Waals surface area (Å²) < 4.78 is 11.0. The summed E-state index contributed by atoms with van der Waals surface area (Å²) in [7, 11) is 2.01. The van der Waals surface area contributed by atoms with E-state index in [0.717, 1.165) is 18.6 Å². The maximum absolute atomic E-state index is 5.93. The number of aromatic nitrogens is 2. The van der Waals surface area contributed by atoms with Crippen molar-refractivity contribution in [3.63, 3.8) is 0 Å². The van der Waals surface area contributed by atoms with E-state index < -0.39 is 0 Å². The average Bonchev–Trinajstić information content (AvgIpc) is 3.00. The highest BCUT2D eigenvalue weighted by Crippen LogP contribution is 2.35. The number of aryl methyl sites for hydroxylation is 1. The molecule has 0 aliphatic heterocycles. The van der Waals surface area contributed by atoms with Crippen molar-refractivity contribution in [2.75, 3.05) is 7.05 Å². The summed E-state index contributed by atoms with van der Waals surface area (Å²) in [6.07, 6.45) is 4.17. The number of nitrogens with zero attached hydrogens (tertiary/aromatic N) is 2. The monoisotopic (exact) mass is 287 g/mol. The van der Waals surface area contributed by atoms with Crippen molar-refractivity contribution in [2.45, 2.75) is 45.3 Å². The first-order valence-corrected chi connectivity index (χ1v) is 7.55. The van der Waals surface area contributed by atoms with Gasteiger partial charge in [0.25, 0.3) is 0 Å². The molecule has 0 radical (unpaired) electrons. The molecular weight excluding hydrogens is 266 g/mol. The minimum absolute atomic E-state index is 0.351. The Bertz CT molecular complexity index is 609. The van der Waals surface area contributed by atoms with Gasteiger partial charge in [0.1, 0.15) is 5.75 Å². The van der Waals surface area contributed by atoms with Gasteiger partial charge in [-0.1, -0.05) is 24.2 Å². The Labute approximate surface area is 124 Å². The van der Waals surface area contributed by atoms with Gasteiger partial charge in [-0.05, 0) is 43.5 Å². The van der Waals surface area contributed by atoms with Gasteiger partial charge in [0.15, 0.2) is 6.61 Å². The summed E-state index contributed by atoms with van der Waals surface area (Å²) in [6, 6.07) is 6.69. The Balaban J connectivity index is 1.76. The molecule has 1 unspecified atom stereocenters. The maximum Gasteiger partial charge on any atom is 0.226 e. The SMILES string of the molecule is CCc1nc(COc2cccc3c2CCCC3NC)no1. The van der Waals surface area contributed by atoms with E-state index >= 15 is 0 Å². The lowest BCUT2D eigenvalue weighted by atomic mass is 9.87. The lowest BCUT2D eigenvalue weighted by Gasteiger charge is -2.26. The summed E-state index contributed by atoms with van der Waals surface area (Å²) >= 11 is 0. The topological polar surface area (TPSA) is 60.2 Å². The number of benzene rings is 1. The molecule has 2 aromatic rings. The molecule has 1 aliphatic carbocycles. The quantitative estimate of drug-likeness (QED) is 0.916. The average molecular weight is 287 g/mol. The molecule has 3 rings (SSSR count). The normalized spacial score (nSPS) is 17.5. The molecule has 1 heterocycles. The summed E-state index contributed by atoms with van der Waals surface area (Å²) in [5.41, 5.74) is 2.66. The van der Waals surface area contributed by atoms with Gasteiger partial charge >= 0.3 is 0 Å². The van der Waals surface area contributed by atoms with Crippen molar-refractivity contribution in [3.05, 3.63) is 41.0 Å². The van der Waals surface area contributed by atoms with Crippen molar-refractivity contribution in [1.82, 2.24) is 15.5 Å². The van der Waals surface area contributed by atoms with E-state index in [1.54, 1.807) is 0 Å². The molecule has 1 aromatic carbocycles. The van der Waals surface area contributed by atoms with Gasteiger partial charge in [-0.15, -0.1) is 0 Å². The highest BCUT2D eigenvalue weighted by Gasteiger charge is 2.21. The van der Waals surface area contributed by atoms with Crippen LogP contribution in [0, 0.1) is 0 Å². The van der Waals surface area contributed by atoms with Crippen LogP contribution in [0.5, 0.6) is 5.75 Å². The van der Waals surface area contributed by atoms with Crippen LogP contribution in [0.4, 0.5) is 0 Å². The predicted octanol–water partition coefficient (Wildman–Crippen LogP) is 2.81. The molecule has 0 spiro atoms. The van der Waals surface area contributed by atoms with Crippen molar-refractivity contribution < 1.29 is 9.26 Å². The van der Waals surface area contributed by atoms with Crippen LogP contribution in [-0.4, -0.2) is 17.2 Å². The summed E-state index contributed by atoms with van der Waals surface area (Å²) in [4.78, 5) is 4.27. The second-order valence-electron chi connectivity index (χ2n) is 5.30. The third-order valence-electron chi connectivity index (χ3n) is 3.98. The van der Waals surface area contributed by atoms with Crippen LogP contribution in [0.25, 0.3) is 0 Å². The van der Waals surface area contributed by atoms with Gasteiger partial charge in [0.2, 0.25) is 11.7 Å². The Morgan fingerprint density at radius 2 is 2.33 bits per heavy atom. The van der Waals surface area contributed by atoms with E-state index in [1.165, 1.54) is 24.0 Å². The Morgan fingerprint density at radius 3 is 3.10 bits per heavy atom. The van der Waals surface area contributed by atoms with Crippen LogP contribution >= 0.6 is 0 Å². The standard InChI is InChI=1S/C16H21N3O2/c1-3-16-18-15(19-21-16)10-20-14-9-5-6-11-12(14)7-4-8-13(11)17-2/h5-6,9,13,17H,3-4,7-8,10H2,1-2H3. The number of nitrogens with one attached hydrogen (secondary N) is 1. The highest BCUT2D eigenvalue weighted by atomic mass is 16.5. The number of hydrogen-bond acceptors (Lipinski definition) is 5. The fourth-order valence-corrected chi connectivity index (χ4v) is 2.88. The molecule has 1 aliphatic rings. The van der Waals surface area contributed by atoms with Gasteiger partial charge in [0.05, 0.1) is 0 Å². The number of fused-ring (bicyclic) bond motifs is 1. The van der Waals surface area contributed by atoms with E-state index in [9.17, 15) is 0 Å².